The van der Waals surface area contributed by atoms with Crippen LogP contribution in [0.3, 0.4) is 0 Å². The first-order valence-electron chi connectivity index (χ1n) is 8.50. The van der Waals surface area contributed by atoms with Crippen LogP contribution in [-0.4, -0.2) is 56.2 Å². The van der Waals surface area contributed by atoms with E-state index < -0.39 is 29.4 Å². The maximum Gasteiger partial charge on any atom is 0.338 e. The van der Waals surface area contributed by atoms with E-state index >= 15 is 0 Å². The molecule has 0 aliphatic carbocycles. The molecule has 0 atom stereocenters. The van der Waals surface area contributed by atoms with E-state index in [0.717, 1.165) is 6.07 Å². The molecule has 0 aromatic heterocycles. The van der Waals surface area contributed by atoms with Crippen molar-refractivity contribution in [2.45, 2.75) is 13.8 Å². The Morgan fingerprint density at radius 3 is 2.57 bits per heavy atom. The van der Waals surface area contributed by atoms with Crippen molar-refractivity contribution in [3.63, 3.8) is 0 Å². The van der Waals surface area contributed by atoms with Gasteiger partial charge in [0.05, 0.1) is 17.1 Å². The quantitative estimate of drug-likeness (QED) is 0.232. The molecule has 0 saturated heterocycles. The number of urea groups is 1. The van der Waals surface area contributed by atoms with E-state index in [0.29, 0.717) is 19.7 Å². The Labute approximate surface area is 161 Å². The zero-order chi connectivity index (χ0) is 21.1. The van der Waals surface area contributed by atoms with Gasteiger partial charge in [0, 0.05) is 26.3 Å². The lowest BCUT2D eigenvalue weighted by Crippen LogP contribution is -2.42. The van der Waals surface area contributed by atoms with Gasteiger partial charge in [0.15, 0.2) is 6.61 Å². The molecule has 1 aromatic carbocycles. The molecule has 0 fully saturated rings. The smallest absolute Gasteiger partial charge is 0.338 e. The number of rotatable bonds is 10. The van der Waals surface area contributed by atoms with E-state index in [-0.39, 0.29) is 22.9 Å². The largest absolute Gasteiger partial charge is 0.452 e. The van der Waals surface area contributed by atoms with E-state index in [9.17, 15) is 24.5 Å². The first kappa shape index (κ1) is 22.8. The monoisotopic (exact) mass is 396 g/mol. The number of hydrogen-bond donors (Lipinski definition) is 3. The summed E-state index contributed by atoms with van der Waals surface area (Å²) in [5.41, 5.74) is -0.192. The number of carbonyl (C=O) groups excluding carboxylic acids is 3. The molecule has 0 saturated carbocycles. The van der Waals surface area contributed by atoms with Crippen molar-refractivity contribution in [1.29, 1.82) is 0 Å². The third kappa shape index (κ3) is 7.99. The van der Waals surface area contributed by atoms with Crippen molar-refractivity contribution in [3.8, 4) is 0 Å². The number of anilines is 1. The van der Waals surface area contributed by atoms with Crippen LogP contribution < -0.4 is 16.0 Å². The fourth-order valence-corrected chi connectivity index (χ4v) is 1.97. The molecule has 1 aromatic rings. The predicted octanol–water partition coefficient (Wildman–Crippen LogP) is 1.29. The summed E-state index contributed by atoms with van der Waals surface area (Å²) in [5.74, 6) is -1.53. The summed E-state index contributed by atoms with van der Waals surface area (Å²) >= 11 is 0. The number of methoxy groups -OCH3 is 1. The lowest BCUT2D eigenvalue weighted by Gasteiger charge is -2.10. The fraction of sp³-hybridized carbons (Fsp3) is 0.471. The van der Waals surface area contributed by atoms with Gasteiger partial charge in [0.1, 0.15) is 5.69 Å². The first-order chi connectivity index (χ1) is 13.2. The van der Waals surface area contributed by atoms with Gasteiger partial charge in [-0.05, 0) is 18.1 Å². The molecule has 28 heavy (non-hydrogen) atoms. The van der Waals surface area contributed by atoms with Gasteiger partial charge < -0.3 is 20.1 Å². The Morgan fingerprint density at radius 1 is 1.25 bits per heavy atom. The van der Waals surface area contributed by atoms with E-state index in [1.807, 2.05) is 19.2 Å². The topological polar surface area (TPSA) is 149 Å². The van der Waals surface area contributed by atoms with Gasteiger partial charge in [-0.2, -0.15) is 0 Å². The zero-order valence-electron chi connectivity index (χ0n) is 15.9. The summed E-state index contributed by atoms with van der Waals surface area (Å²) < 4.78 is 9.66. The number of nitrogens with zero attached hydrogens (tertiary/aromatic N) is 1. The minimum Gasteiger partial charge on any atom is -0.452 e. The van der Waals surface area contributed by atoms with Crippen LogP contribution in [0.1, 0.15) is 24.2 Å². The van der Waals surface area contributed by atoms with Gasteiger partial charge in [0.2, 0.25) is 0 Å². The molecule has 0 aliphatic heterocycles. The molecule has 154 valence electrons. The highest BCUT2D eigenvalue weighted by Crippen LogP contribution is 2.25. The van der Waals surface area contributed by atoms with Crippen molar-refractivity contribution in [2.75, 3.05) is 38.7 Å². The van der Waals surface area contributed by atoms with Crippen LogP contribution in [0.2, 0.25) is 0 Å². The number of nitro groups is 1. The van der Waals surface area contributed by atoms with E-state index in [2.05, 4.69) is 10.6 Å². The molecule has 1 rings (SSSR count). The zero-order valence-corrected chi connectivity index (χ0v) is 15.9. The highest BCUT2D eigenvalue weighted by Gasteiger charge is 2.19. The molecule has 0 spiro atoms. The number of amides is 3. The molecule has 3 N–H and O–H groups in total. The minimum atomic E-state index is -0.927. The van der Waals surface area contributed by atoms with Crippen LogP contribution >= 0.6 is 0 Å². The normalized spacial score (nSPS) is 10.3. The van der Waals surface area contributed by atoms with Crippen molar-refractivity contribution in [3.05, 3.63) is 33.9 Å². The fourth-order valence-electron chi connectivity index (χ4n) is 1.97. The average Bonchev–Trinajstić information content (AvgIpc) is 2.64. The van der Waals surface area contributed by atoms with E-state index in [1.54, 1.807) is 0 Å². The second-order valence-electron chi connectivity index (χ2n) is 6.14. The Balaban J connectivity index is 2.63. The number of imide groups is 1. The molecule has 0 aliphatic rings. The number of esters is 1. The summed E-state index contributed by atoms with van der Waals surface area (Å²) in [7, 11) is 1.50. The van der Waals surface area contributed by atoms with Crippen LogP contribution in [0.4, 0.5) is 16.2 Å². The molecule has 0 bridgehead atoms. The average molecular weight is 396 g/mol. The first-order valence-corrected chi connectivity index (χ1v) is 8.50. The maximum absolute atomic E-state index is 12.0. The molecule has 11 nitrogen and oxygen atoms in total. The molecular formula is C17H24N4O7. The van der Waals surface area contributed by atoms with Crippen LogP contribution in [-0.2, 0) is 14.3 Å². The molecule has 0 unspecified atom stereocenters. The van der Waals surface area contributed by atoms with E-state index in [4.69, 9.17) is 9.47 Å². The Bertz CT molecular complexity index is 721. The number of hydrogen-bond acceptors (Lipinski definition) is 8. The predicted molar refractivity (Wildman–Crippen MR) is 100 cm³/mol. The second-order valence-corrected chi connectivity index (χ2v) is 6.14. The third-order valence-electron chi connectivity index (χ3n) is 3.31. The lowest BCUT2D eigenvalue weighted by atomic mass is 10.1. The van der Waals surface area contributed by atoms with Gasteiger partial charge in [0.25, 0.3) is 11.6 Å². The van der Waals surface area contributed by atoms with Crippen molar-refractivity contribution >= 4 is 29.3 Å². The number of nitro benzene ring substituents is 1. The lowest BCUT2D eigenvalue weighted by molar-refractivity contribution is -0.384. The summed E-state index contributed by atoms with van der Waals surface area (Å²) in [6, 6.07) is 3.04. The van der Waals surface area contributed by atoms with Crippen LogP contribution in [0.15, 0.2) is 18.2 Å². The number of ether oxygens (including phenoxy) is 2. The summed E-state index contributed by atoms with van der Waals surface area (Å²) in [6.07, 6.45) is 0. The van der Waals surface area contributed by atoms with Crippen LogP contribution in [0.25, 0.3) is 0 Å². The Kier molecular flexibility index (Phi) is 9.37. The van der Waals surface area contributed by atoms with Gasteiger partial charge in [-0.25, -0.2) is 9.59 Å². The van der Waals surface area contributed by atoms with Gasteiger partial charge in [-0.3, -0.25) is 20.2 Å². The minimum absolute atomic E-state index is 0.0962. The van der Waals surface area contributed by atoms with Gasteiger partial charge in [-0.15, -0.1) is 0 Å². The van der Waals surface area contributed by atoms with Crippen molar-refractivity contribution < 1.29 is 28.8 Å². The Hall–Kier alpha value is -3.21. The van der Waals surface area contributed by atoms with Crippen molar-refractivity contribution in [2.24, 2.45) is 5.92 Å². The molecule has 0 radical (unpaired) electrons. The molecule has 3 amide bonds. The number of benzene rings is 1. The number of carbonyl (C=O) groups is 3. The van der Waals surface area contributed by atoms with Crippen molar-refractivity contribution in [1.82, 2.24) is 10.6 Å². The van der Waals surface area contributed by atoms with E-state index in [1.165, 1.54) is 19.2 Å². The molecule has 11 heteroatoms. The molecular weight excluding hydrogens is 372 g/mol. The van der Waals surface area contributed by atoms with Crippen LogP contribution in [0.5, 0.6) is 0 Å². The van der Waals surface area contributed by atoms with Gasteiger partial charge in [-0.1, -0.05) is 13.8 Å². The highest BCUT2D eigenvalue weighted by molar-refractivity contribution is 5.97. The number of nitrogens with one attached hydrogen (secondary N) is 3. The Morgan fingerprint density at radius 2 is 1.96 bits per heavy atom. The summed E-state index contributed by atoms with van der Waals surface area (Å²) in [5, 5.41) is 18.5. The third-order valence-corrected chi connectivity index (χ3v) is 3.31. The maximum atomic E-state index is 12.0. The SMILES string of the molecule is COCCNc1ccc(C(=O)OCC(=O)NC(=O)NCC(C)C)cc1[N+](=O)[O-]. The summed E-state index contributed by atoms with van der Waals surface area (Å²) in [4.78, 5) is 45.7. The molecule has 0 heterocycles. The summed E-state index contributed by atoms with van der Waals surface area (Å²) in [6.45, 7) is 4.16. The van der Waals surface area contributed by atoms with Crippen LogP contribution in [0, 0.1) is 16.0 Å². The second kappa shape index (κ2) is 11.5. The standard InChI is InChI=1S/C17H24N4O7/c1-11(2)9-19-17(24)20-15(22)10-28-16(23)12-4-5-13(18-6-7-27-3)14(8-12)21(25)26/h4-5,8,11,18H,6-7,9-10H2,1-3H3,(H2,19,20,22,24). The van der Waals surface area contributed by atoms with Gasteiger partial charge >= 0.3 is 12.0 Å². The highest BCUT2D eigenvalue weighted by atomic mass is 16.6.